The van der Waals surface area contributed by atoms with Crippen LogP contribution in [0.25, 0.3) is 0 Å². The summed E-state index contributed by atoms with van der Waals surface area (Å²) in [5.74, 6) is -1.20. The Kier molecular flexibility index (Phi) is 6.04. The molecular weight excluding hydrogens is 401 g/mol. The Morgan fingerprint density at radius 3 is 2.58 bits per heavy atom. The van der Waals surface area contributed by atoms with Gasteiger partial charge in [-0.1, -0.05) is 19.9 Å². The standard InChI is InChI=1S/C22H22FN5O3/c1-11(2)18-19(20(29)15-5-12(3)4-13(6-15)9-24)28(22(31)27-21(18)30)10-14-7-16(23)26-17(25)8-14/h4-8,11,20,29H,10H2,1-3H3,(H2,25,26)(H,27,30,31). The summed E-state index contributed by atoms with van der Waals surface area (Å²) in [6.07, 6.45) is -1.37. The molecule has 1 atom stereocenters. The summed E-state index contributed by atoms with van der Waals surface area (Å²) in [5.41, 5.74) is 6.31. The number of aromatic nitrogens is 3. The van der Waals surface area contributed by atoms with Gasteiger partial charge >= 0.3 is 5.69 Å². The van der Waals surface area contributed by atoms with Crippen LogP contribution in [-0.4, -0.2) is 19.6 Å². The zero-order chi connectivity index (χ0) is 22.9. The number of hydrogen-bond donors (Lipinski definition) is 3. The monoisotopic (exact) mass is 423 g/mol. The summed E-state index contributed by atoms with van der Waals surface area (Å²) >= 11 is 0. The first-order valence-electron chi connectivity index (χ1n) is 9.59. The highest BCUT2D eigenvalue weighted by atomic mass is 19.1. The third-order valence-corrected chi connectivity index (χ3v) is 4.87. The van der Waals surface area contributed by atoms with E-state index >= 15 is 0 Å². The molecule has 3 rings (SSSR count). The van der Waals surface area contributed by atoms with Gasteiger partial charge in [-0.3, -0.25) is 14.3 Å². The number of anilines is 1. The fraction of sp³-hybridized carbons (Fsp3) is 0.273. The maximum atomic E-state index is 13.7. The summed E-state index contributed by atoms with van der Waals surface area (Å²) < 4.78 is 14.9. The van der Waals surface area contributed by atoms with Gasteiger partial charge in [-0.05, 0) is 53.8 Å². The van der Waals surface area contributed by atoms with Gasteiger partial charge in [0.1, 0.15) is 11.9 Å². The molecule has 2 heterocycles. The molecule has 0 amide bonds. The molecule has 1 aromatic carbocycles. The number of aliphatic hydroxyl groups excluding tert-OH is 1. The van der Waals surface area contributed by atoms with E-state index in [1.165, 1.54) is 16.7 Å². The number of aromatic amines is 1. The smallest absolute Gasteiger partial charge is 0.328 e. The van der Waals surface area contributed by atoms with Crippen LogP contribution in [0.3, 0.4) is 0 Å². The van der Waals surface area contributed by atoms with Crippen molar-refractivity contribution in [2.45, 2.75) is 39.3 Å². The Morgan fingerprint density at radius 2 is 1.97 bits per heavy atom. The summed E-state index contributed by atoms with van der Waals surface area (Å²) in [5, 5.41) is 20.5. The molecule has 0 saturated heterocycles. The SMILES string of the molecule is Cc1cc(C#N)cc(C(O)c2c(C(C)C)c(=O)[nH]c(=O)n2Cc2cc(N)nc(F)c2)c1. The van der Waals surface area contributed by atoms with Crippen molar-refractivity contribution >= 4 is 5.82 Å². The van der Waals surface area contributed by atoms with Crippen molar-refractivity contribution in [1.82, 2.24) is 14.5 Å². The van der Waals surface area contributed by atoms with Crippen molar-refractivity contribution < 1.29 is 9.50 Å². The van der Waals surface area contributed by atoms with E-state index in [0.717, 1.165) is 11.6 Å². The Labute approximate surface area is 177 Å². The van der Waals surface area contributed by atoms with E-state index in [1.807, 2.05) is 6.07 Å². The third kappa shape index (κ3) is 4.54. The second-order valence-electron chi connectivity index (χ2n) is 7.67. The molecule has 0 bridgehead atoms. The number of nitrogens with zero attached hydrogens (tertiary/aromatic N) is 3. The molecule has 2 aromatic heterocycles. The Hall–Kier alpha value is -3.77. The topological polar surface area (TPSA) is 138 Å². The van der Waals surface area contributed by atoms with Gasteiger partial charge in [-0.25, -0.2) is 9.78 Å². The molecule has 0 aliphatic heterocycles. The van der Waals surface area contributed by atoms with E-state index in [4.69, 9.17) is 5.73 Å². The number of aliphatic hydroxyl groups is 1. The highest BCUT2D eigenvalue weighted by Gasteiger charge is 2.25. The predicted octanol–water partition coefficient (Wildman–Crippen LogP) is 2.09. The summed E-state index contributed by atoms with van der Waals surface area (Å²) in [7, 11) is 0. The number of hydrogen-bond acceptors (Lipinski definition) is 6. The van der Waals surface area contributed by atoms with Crippen LogP contribution < -0.4 is 17.0 Å². The minimum atomic E-state index is -1.37. The summed E-state index contributed by atoms with van der Waals surface area (Å²) in [6, 6.07) is 9.40. The maximum absolute atomic E-state index is 13.7. The van der Waals surface area contributed by atoms with Crippen LogP contribution in [0.15, 0.2) is 39.9 Å². The summed E-state index contributed by atoms with van der Waals surface area (Å²) in [6.45, 7) is 5.14. The van der Waals surface area contributed by atoms with Gasteiger partial charge in [0.05, 0.1) is 23.9 Å². The number of nitrogens with one attached hydrogen (secondary N) is 1. The fourth-order valence-electron chi connectivity index (χ4n) is 3.65. The molecule has 1 unspecified atom stereocenters. The first-order valence-corrected chi connectivity index (χ1v) is 9.59. The lowest BCUT2D eigenvalue weighted by Gasteiger charge is -2.23. The molecule has 160 valence electrons. The lowest BCUT2D eigenvalue weighted by atomic mass is 9.94. The van der Waals surface area contributed by atoms with Crippen LogP contribution in [0.4, 0.5) is 10.2 Å². The predicted molar refractivity (Wildman–Crippen MR) is 113 cm³/mol. The zero-order valence-electron chi connectivity index (χ0n) is 17.3. The molecule has 31 heavy (non-hydrogen) atoms. The molecule has 0 spiro atoms. The van der Waals surface area contributed by atoms with Crippen molar-refractivity contribution in [2.75, 3.05) is 5.73 Å². The second-order valence-corrected chi connectivity index (χ2v) is 7.67. The molecule has 4 N–H and O–H groups in total. The van der Waals surface area contributed by atoms with E-state index in [-0.39, 0.29) is 29.5 Å². The lowest BCUT2D eigenvalue weighted by Crippen LogP contribution is -2.37. The average Bonchev–Trinajstić information content (AvgIpc) is 2.67. The number of pyridine rings is 1. The minimum Gasteiger partial charge on any atom is -0.384 e. The van der Waals surface area contributed by atoms with Crippen LogP contribution in [-0.2, 0) is 6.54 Å². The molecule has 3 aromatic rings. The first kappa shape index (κ1) is 21.9. The van der Waals surface area contributed by atoms with Crippen molar-refractivity contribution in [1.29, 1.82) is 5.26 Å². The van der Waals surface area contributed by atoms with Crippen molar-refractivity contribution in [2.24, 2.45) is 0 Å². The van der Waals surface area contributed by atoms with E-state index in [2.05, 4.69) is 9.97 Å². The highest BCUT2D eigenvalue weighted by molar-refractivity contribution is 5.41. The third-order valence-electron chi connectivity index (χ3n) is 4.87. The van der Waals surface area contributed by atoms with Crippen LogP contribution >= 0.6 is 0 Å². The molecule has 0 aliphatic carbocycles. The molecule has 0 aliphatic rings. The number of rotatable bonds is 5. The molecule has 0 fully saturated rings. The molecular formula is C22H22FN5O3. The number of nitrogens with two attached hydrogens (primary N) is 1. The number of H-pyrrole nitrogens is 1. The van der Waals surface area contributed by atoms with Crippen LogP contribution in [0, 0.1) is 24.2 Å². The lowest BCUT2D eigenvalue weighted by molar-refractivity contribution is 0.206. The maximum Gasteiger partial charge on any atom is 0.328 e. The zero-order valence-corrected chi connectivity index (χ0v) is 17.3. The van der Waals surface area contributed by atoms with E-state index in [9.17, 15) is 24.3 Å². The van der Waals surface area contributed by atoms with Crippen molar-refractivity contribution in [3.63, 3.8) is 0 Å². The Morgan fingerprint density at radius 1 is 1.26 bits per heavy atom. The molecule has 8 nitrogen and oxygen atoms in total. The fourth-order valence-corrected chi connectivity index (χ4v) is 3.65. The number of benzene rings is 1. The Balaban J connectivity index is 2.28. The van der Waals surface area contributed by atoms with Crippen LogP contribution in [0.5, 0.6) is 0 Å². The molecule has 0 saturated carbocycles. The minimum absolute atomic E-state index is 0.0593. The van der Waals surface area contributed by atoms with Gasteiger partial charge in [0, 0.05) is 5.56 Å². The van der Waals surface area contributed by atoms with E-state index < -0.39 is 23.3 Å². The first-order chi connectivity index (χ1) is 14.6. The number of nitrogen functional groups attached to an aromatic ring is 1. The van der Waals surface area contributed by atoms with Gasteiger partial charge in [-0.15, -0.1) is 0 Å². The van der Waals surface area contributed by atoms with Gasteiger partial charge in [0.25, 0.3) is 5.56 Å². The average molecular weight is 423 g/mol. The number of aryl methyl sites for hydroxylation is 1. The number of nitriles is 1. The normalized spacial score (nSPS) is 12.0. The largest absolute Gasteiger partial charge is 0.384 e. The molecule has 0 radical (unpaired) electrons. The van der Waals surface area contributed by atoms with Gasteiger partial charge in [-0.2, -0.15) is 9.65 Å². The van der Waals surface area contributed by atoms with Crippen molar-refractivity contribution in [3.8, 4) is 6.07 Å². The number of halogens is 1. The van der Waals surface area contributed by atoms with Crippen molar-refractivity contribution in [3.05, 3.63) is 90.6 Å². The van der Waals surface area contributed by atoms with Crippen LogP contribution in [0.2, 0.25) is 0 Å². The summed E-state index contributed by atoms with van der Waals surface area (Å²) in [4.78, 5) is 31.1. The quantitative estimate of drug-likeness (QED) is 0.537. The highest BCUT2D eigenvalue weighted by Crippen LogP contribution is 2.28. The Bertz CT molecular complexity index is 1280. The van der Waals surface area contributed by atoms with Crippen LogP contribution in [0.1, 0.15) is 59.4 Å². The van der Waals surface area contributed by atoms with Gasteiger partial charge in [0.2, 0.25) is 5.95 Å². The van der Waals surface area contributed by atoms with Gasteiger partial charge < -0.3 is 10.8 Å². The van der Waals surface area contributed by atoms with E-state index in [1.54, 1.807) is 32.9 Å². The second kappa shape index (κ2) is 8.53. The van der Waals surface area contributed by atoms with E-state index in [0.29, 0.717) is 16.7 Å². The van der Waals surface area contributed by atoms with Gasteiger partial charge in [0.15, 0.2) is 0 Å². The molecule has 9 heteroatoms.